The molecular weight excluding hydrogens is 403 g/mol. The van der Waals surface area contributed by atoms with E-state index in [9.17, 15) is 14.0 Å². The van der Waals surface area contributed by atoms with Crippen LogP contribution in [-0.4, -0.2) is 27.8 Å². The van der Waals surface area contributed by atoms with Crippen LogP contribution < -0.4 is 10.6 Å². The van der Waals surface area contributed by atoms with Crippen molar-refractivity contribution in [1.29, 1.82) is 0 Å². The number of thioether (sulfide) groups is 1. The number of aromatic nitrogens is 2. The lowest BCUT2D eigenvalue weighted by molar-refractivity contribution is -0.113. The second-order valence-corrected chi connectivity index (χ2v) is 7.83. The van der Waals surface area contributed by atoms with Crippen molar-refractivity contribution in [2.75, 3.05) is 16.4 Å². The van der Waals surface area contributed by atoms with Gasteiger partial charge in [-0.05, 0) is 53.9 Å². The third kappa shape index (κ3) is 6.12. The lowest BCUT2D eigenvalue weighted by Gasteiger charge is -2.08. The van der Waals surface area contributed by atoms with Crippen LogP contribution in [0.25, 0.3) is 0 Å². The minimum Gasteiger partial charge on any atom is -0.325 e. The lowest BCUT2D eigenvalue weighted by atomic mass is 10.0. The van der Waals surface area contributed by atoms with Gasteiger partial charge in [0.05, 0.1) is 5.75 Å². The van der Waals surface area contributed by atoms with E-state index >= 15 is 0 Å². The second-order valence-electron chi connectivity index (χ2n) is 6.83. The average molecular weight is 425 g/mol. The first-order valence-electron chi connectivity index (χ1n) is 9.34. The maximum Gasteiger partial charge on any atom is 0.256 e. The minimum atomic E-state index is -0.491. The fraction of sp³-hybridized carbons (Fsp3) is 0.182. The van der Waals surface area contributed by atoms with Gasteiger partial charge in [0.25, 0.3) is 5.91 Å². The van der Waals surface area contributed by atoms with E-state index in [2.05, 4.69) is 34.7 Å². The Morgan fingerprint density at radius 1 is 1.00 bits per heavy atom. The van der Waals surface area contributed by atoms with Crippen LogP contribution in [0.15, 0.2) is 65.7 Å². The number of benzene rings is 2. The van der Waals surface area contributed by atoms with E-state index in [0.29, 0.717) is 10.9 Å². The van der Waals surface area contributed by atoms with Crippen LogP contribution in [0.5, 0.6) is 0 Å². The van der Waals surface area contributed by atoms with Gasteiger partial charge in [-0.3, -0.25) is 9.59 Å². The molecule has 0 aliphatic rings. The van der Waals surface area contributed by atoms with Gasteiger partial charge in [0.2, 0.25) is 5.91 Å². The van der Waals surface area contributed by atoms with Crippen LogP contribution in [0, 0.1) is 5.82 Å². The SMILES string of the molecule is CC(C)c1ccc(NC(=O)CSc2ccc(NC(=O)c3cccc(F)c3)nn2)cc1. The van der Waals surface area contributed by atoms with Gasteiger partial charge in [-0.25, -0.2) is 4.39 Å². The molecule has 0 spiro atoms. The maximum absolute atomic E-state index is 13.2. The van der Waals surface area contributed by atoms with E-state index < -0.39 is 11.7 Å². The van der Waals surface area contributed by atoms with Crippen molar-refractivity contribution in [3.05, 3.63) is 77.6 Å². The number of hydrogen-bond acceptors (Lipinski definition) is 5. The van der Waals surface area contributed by atoms with E-state index in [0.717, 1.165) is 11.8 Å². The number of amides is 2. The van der Waals surface area contributed by atoms with Crippen LogP contribution in [0.2, 0.25) is 0 Å². The van der Waals surface area contributed by atoms with Crippen LogP contribution in [-0.2, 0) is 4.79 Å². The predicted octanol–water partition coefficient (Wildman–Crippen LogP) is 4.72. The van der Waals surface area contributed by atoms with Crippen molar-refractivity contribution >= 4 is 35.1 Å². The highest BCUT2D eigenvalue weighted by molar-refractivity contribution is 7.99. The number of rotatable bonds is 7. The normalized spacial score (nSPS) is 10.7. The van der Waals surface area contributed by atoms with Crippen LogP contribution in [0.1, 0.15) is 35.7 Å². The molecule has 2 amide bonds. The third-order valence-corrected chi connectivity index (χ3v) is 5.10. The Labute approximate surface area is 178 Å². The number of carbonyl (C=O) groups excluding carboxylic acids is 2. The second kappa shape index (κ2) is 9.98. The van der Waals surface area contributed by atoms with Crippen LogP contribution in [0.4, 0.5) is 15.9 Å². The monoisotopic (exact) mass is 424 g/mol. The summed E-state index contributed by atoms with van der Waals surface area (Å²) in [4.78, 5) is 24.2. The molecule has 1 heterocycles. The Kier molecular flexibility index (Phi) is 7.13. The first kappa shape index (κ1) is 21.4. The first-order valence-corrected chi connectivity index (χ1v) is 10.3. The Morgan fingerprint density at radius 2 is 1.77 bits per heavy atom. The maximum atomic E-state index is 13.2. The average Bonchev–Trinajstić information content (AvgIpc) is 2.73. The largest absolute Gasteiger partial charge is 0.325 e. The molecule has 0 aliphatic heterocycles. The zero-order chi connectivity index (χ0) is 21.5. The standard InChI is InChI=1S/C22H21FN4O2S/c1-14(2)15-6-8-18(9-7-15)24-20(28)13-30-21-11-10-19(26-27-21)25-22(29)16-4-3-5-17(23)12-16/h3-12,14H,13H2,1-2H3,(H,24,28)(H,25,26,29). The summed E-state index contributed by atoms with van der Waals surface area (Å²) in [6, 6.07) is 16.4. The topological polar surface area (TPSA) is 84.0 Å². The van der Waals surface area contributed by atoms with Gasteiger partial charge in [0.1, 0.15) is 10.8 Å². The summed E-state index contributed by atoms with van der Waals surface area (Å²) in [5.74, 6) is -0.270. The van der Waals surface area contributed by atoms with Gasteiger partial charge in [0.15, 0.2) is 5.82 Å². The molecule has 3 rings (SSSR count). The van der Waals surface area contributed by atoms with Crippen LogP contribution >= 0.6 is 11.8 Å². The van der Waals surface area contributed by atoms with Crippen LogP contribution in [0.3, 0.4) is 0 Å². The molecule has 0 unspecified atom stereocenters. The molecule has 30 heavy (non-hydrogen) atoms. The summed E-state index contributed by atoms with van der Waals surface area (Å²) in [6.45, 7) is 4.23. The van der Waals surface area contributed by atoms with Crippen molar-refractivity contribution in [2.45, 2.75) is 24.8 Å². The molecule has 8 heteroatoms. The third-order valence-electron chi connectivity index (χ3n) is 4.18. The molecule has 2 aromatic carbocycles. The summed E-state index contributed by atoms with van der Waals surface area (Å²) in [7, 11) is 0. The zero-order valence-corrected chi connectivity index (χ0v) is 17.4. The van der Waals surface area contributed by atoms with Crippen molar-refractivity contribution in [2.24, 2.45) is 0 Å². The number of halogens is 1. The quantitative estimate of drug-likeness (QED) is 0.536. The van der Waals surface area contributed by atoms with E-state index in [4.69, 9.17) is 0 Å². The molecule has 6 nitrogen and oxygen atoms in total. The number of anilines is 2. The molecule has 2 N–H and O–H groups in total. The van der Waals surface area contributed by atoms with E-state index in [1.807, 2.05) is 24.3 Å². The molecule has 0 atom stereocenters. The number of carbonyl (C=O) groups is 2. The Bertz CT molecular complexity index is 1020. The van der Waals surface area contributed by atoms with Crippen molar-refractivity contribution in [3.8, 4) is 0 Å². The van der Waals surface area contributed by atoms with Crippen molar-refractivity contribution in [3.63, 3.8) is 0 Å². The van der Waals surface area contributed by atoms with Gasteiger partial charge in [-0.15, -0.1) is 10.2 Å². The zero-order valence-electron chi connectivity index (χ0n) is 16.6. The molecule has 0 saturated carbocycles. The fourth-order valence-corrected chi connectivity index (χ4v) is 3.18. The molecule has 154 valence electrons. The summed E-state index contributed by atoms with van der Waals surface area (Å²) in [5.41, 5.74) is 2.14. The van der Waals surface area contributed by atoms with E-state index in [-0.39, 0.29) is 23.0 Å². The smallest absolute Gasteiger partial charge is 0.256 e. The van der Waals surface area contributed by atoms with Gasteiger partial charge >= 0.3 is 0 Å². The molecule has 3 aromatic rings. The molecule has 1 aromatic heterocycles. The molecule has 0 bridgehead atoms. The molecule has 0 aliphatic carbocycles. The van der Waals surface area contributed by atoms with Gasteiger partial charge in [-0.1, -0.05) is 43.8 Å². The Hall–Kier alpha value is -3.26. The molecular formula is C22H21FN4O2S. The highest BCUT2D eigenvalue weighted by atomic mass is 32.2. The highest BCUT2D eigenvalue weighted by Crippen LogP contribution is 2.19. The van der Waals surface area contributed by atoms with Gasteiger partial charge in [-0.2, -0.15) is 0 Å². The van der Waals surface area contributed by atoms with Gasteiger partial charge < -0.3 is 10.6 Å². The summed E-state index contributed by atoms with van der Waals surface area (Å²) < 4.78 is 13.2. The highest BCUT2D eigenvalue weighted by Gasteiger charge is 2.09. The first-order chi connectivity index (χ1) is 14.4. The summed E-state index contributed by atoms with van der Waals surface area (Å²) in [5, 5.41) is 13.9. The molecule has 0 saturated heterocycles. The molecule has 0 fully saturated rings. The fourth-order valence-electron chi connectivity index (χ4n) is 2.57. The number of hydrogen-bond donors (Lipinski definition) is 2. The van der Waals surface area contributed by atoms with Crippen molar-refractivity contribution in [1.82, 2.24) is 10.2 Å². The number of nitrogens with zero attached hydrogens (tertiary/aromatic N) is 2. The Balaban J connectivity index is 1.49. The molecule has 0 radical (unpaired) electrons. The van der Waals surface area contributed by atoms with Gasteiger partial charge in [0, 0.05) is 11.3 Å². The number of nitrogens with one attached hydrogen (secondary N) is 2. The predicted molar refractivity (Wildman–Crippen MR) is 116 cm³/mol. The van der Waals surface area contributed by atoms with E-state index in [1.54, 1.807) is 12.1 Å². The van der Waals surface area contributed by atoms with E-state index in [1.165, 1.54) is 35.5 Å². The lowest BCUT2D eigenvalue weighted by Crippen LogP contribution is -2.15. The summed E-state index contributed by atoms with van der Waals surface area (Å²) in [6.07, 6.45) is 0. The summed E-state index contributed by atoms with van der Waals surface area (Å²) >= 11 is 1.23. The van der Waals surface area contributed by atoms with Crippen molar-refractivity contribution < 1.29 is 14.0 Å². The Morgan fingerprint density at radius 3 is 2.40 bits per heavy atom. The minimum absolute atomic E-state index is 0.150.